The van der Waals surface area contributed by atoms with Gasteiger partial charge in [0.05, 0.1) is 0 Å². The molecule has 98 valence electrons. The molecule has 0 amide bonds. The van der Waals surface area contributed by atoms with Gasteiger partial charge in [-0.2, -0.15) is 0 Å². The Hall–Kier alpha value is -0.720. The summed E-state index contributed by atoms with van der Waals surface area (Å²) in [5.41, 5.74) is 1.48. The lowest BCUT2D eigenvalue weighted by atomic mass is 10.1. The molecule has 0 saturated carbocycles. The topological polar surface area (TPSA) is 13.1 Å². The van der Waals surface area contributed by atoms with E-state index >= 15 is 0 Å². The molecular formula is C16H28O. The van der Waals surface area contributed by atoms with Gasteiger partial charge in [-0.3, -0.25) is 0 Å². The standard InChI is InChI=1S/C16H28O/c1-4-7-10-14-13-15(11-8-5-2)17-16(14)12-9-6-3/h13H,4-12H2,1-3H3. The largest absolute Gasteiger partial charge is 0.466 e. The smallest absolute Gasteiger partial charge is 0.107 e. The number of aryl methyl sites for hydroxylation is 3. The summed E-state index contributed by atoms with van der Waals surface area (Å²) in [5.74, 6) is 2.48. The van der Waals surface area contributed by atoms with Crippen molar-refractivity contribution in [3.63, 3.8) is 0 Å². The van der Waals surface area contributed by atoms with E-state index in [9.17, 15) is 0 Å². The molecule has 1 heteroatoms. The van der Waals surface area contributed by atoms with Crippen LogP contribution in [-0.4, -0.2) is 0 Å². The highest BCUT2D eigenvalue weighted by Crippen LogP contribution is 2.21. The SMILES string of the molecule is CCCCc1cc(CCCC)c(CCCC)o1. The van der Waals surface area contributed by atoms with Gasteiger partial charge in [0.15, 0.2) is 0 Å². The Morgan fingerprint density at radius 3 is 2.06 bits per heavy atom. The molecule has 0 fully saturated rings. The molecule has 1 nitrogen and oxygen atoms in total. The van der Waals surface area contributed by atoms with Crippen LogP contribution in [0.4, 0.5) is 0 Å². The first-order chi connectivity index (χ1) is 8.31. The van der Waals surface area contributed by atoms with Crippen LogP contribution in [0.1, 0.15) is 76.4 Å². The number of unbranched alkanes of at least 4 members (excludes halogenated alkanes) is 3. The fourth-order valence-electron chi connectivity index (χ4n) is 2.13. The van der Waals surface area contributed by atoms with Crippen LogP contribution in [0, 0.1) is 0 Å². The van der Waals surface area contributed by atoms with E-state index in [4.69, 9.17) is 4.42 Å². The molecule has 1 rings (SSSR count). The van der Waals surface area contributed by atoms with E-state index in [-0.39, 0.29) is 0 Å². The van der Waals surface area contributed by atoms with Crippen LogP contribution in [0.15, 0.2) is 10.5 Å². The Labute approximate surface area is 107 Å². The first kappa shape index (κ1) is 14.3. The zero-order valence-electron chi connectivity index (χ0n) is 11.8. The van der Waals surface area contributed by atoms with E-state index < -0.39 is 0 Å². The zero-order valence-corrected chi connectivity index (χ0v) is 11.8. The fraction of sp³-hybridized carbons (Fsp3) is 0.750. The van der Waals surface area contributed by atoms with Gasteiger partial charge < -0.3 is 4.42 Å². The van der Waals surface area contributed by atoms with Crippen LogP contribution < -0.4 is 0 Å². The van der Waals surface area contributed by atoms with Crippen LogP contribution in [0.2, 0.25) is 0 Å². The first-order valence-electron chi connectivity index (χ1n) is 7.42. The number of rotatable bonds is 9. The highest BCUT2D eigenvalue weighted by Gasteiger charge is 2.10. The van der Waals surface area contributed by atoms with Crippen LogP contribution in [0.3, 0.4) is 0 Å². The maximum Gasteiger partial charge on any atom is 0.107 e. The molecule has 0 aliphatic rings. The predicted octanol–water partition coefficient (Wildman–Crippen LogP) is 5.31. The van der Waals surface area contributed by atoms with Crippen LogP contribution in [-0.2, 0) is 19.3 Å². The summed E-state index contributed by atoms with van der Waals surface area (Å²) in [6, 6.07) is 2.32. The van der Waals surface area contributed by atoms with Crippen molar-refractivity contribution < 1.29 is 4.42 Å². The Kier molecular flexibility index (Phi) is 7.07. The summed E-state index contributed by atoms with van der Waals surface area (Å²) in [5, 5.41) is 0. The number of furan rings is 1. The molecule has 0 radical (unpaired) electrons. The minimum Gasteiger partial charge on any atom is -0.466 e. The van der Waals surface area contributed by atoms with E-state index in [0.29, 0.717) is 0 Å². The Morgan fingerprint density at radius 2 is 1.41 bits per heavy atom. The summed E-state index contributed by atoms with van der Waals surface area (Å²) in [6.07, 6.45) is 11.0. The van der Waals surface area contributed by atoms with Crippen molar-refractivity contribution in [3.8, 4) is 0 Å². The molecule has 0 bridgehead atoms. The Morgan fingerprint density at radius 1 is 0.824 bits per heavy atom. The molecule has 0 unspecified atom stereocenters. The average Bonchev–Trinajstić information content (AvgIpc) is 2.73. The molecule has 0 aliphatic carbocycles. The van der Waals surface area contributed by atoms with Gasteiger partial charge in [-0.05, 0) is 37.3 Å². The highest BCUT2D eigenvalue weighted by atomic mass is 16.3. The molecular weight excluding hydrogens is 208 g/mol. The van der Waals surface area contributed by atoms with Gasteiger partial charge in [-0.1, -0.05) is 40.0 Å². The van der Waals surface area contributed by atoms with Crippen LogP contribution in [0.5, 0.6) is 0 Å². The second-order valence-electron chi connectivity index (χ2n) is 4.97. The van der Waals surface area contributed by atoms with Gasteiger partial charge in [-0.15, -0.1) is 0 Å². The number of hydrogen-bond donors (Lipinski definition) is 0. The van der Waals surface area contributed by atoms with E-state index in [0.717, 1.165) is 12.8 Å². The summed E-state index contributed by atoms with van der Waals surface area (Å²) in [4.78, 5) is 0. The lowest BCUT2D eigenvalue weighted by Crippen LogP contribution is -1.89. The van der Waals surface area contributed by atoms with E-state index in [1.807, 2.05) is 0 Å². The third-order valence-electron chi connectivity index (χ3n) is 3.28. The average molecular weight is 236 g/mol. The molecule has 0 spiro atoms. The molecule has 0 aliphatic heterocycles. The Balaban J connectivity index is 2.64. The second-order valence-corrected chi connectivity index (χ2v) is 4.97. The molecule has 1 aromatic heterocycles. The van der Waals surface area contributed by atoms with Crippen molar-refractivity contribution in [2.45, 2.75) is 78.6 Å². The van der Waals surface area contributed by atoms with Crippen molar-refractivity contribution in [2.75, 3.05) is 0 Å². The van der Waals surface area contributed by atoms with E-state index in [1.165, 1.54) is 62.0 Å². The van der Waals surface area contributed by atoms with Crippen molar-refractivity contribution in [3.05, 3.63) is 23.2 Å². The Bertz CT molecular complexity index is 273. The van der Waals surface area contributed by atoms with Gasteiger partial charge in [0.2, 0.25) is 0 Å². The molecule has 0 aromatic carbocycles. The van der Waals surface area contributed by atoms with Crippen molar-refractivity contribution in [1.82, 2.24) is 0 Å². The van der Waals surface area contributed by atoms with Crippen molar-refractivity contribution >= 4 is 0 Å². The normalized spacial score (nSPS) is 11.0. The summed E-state index contributed by atoms with van der Waals surface area (Å²) in [6.45, 7) is 6.73. The van der Waals surface area contributed by atoms with Crippen LogP contribution in [0.25, 0.3) is 0 Å². The first-order valence-corrected chi connectivity index (χ1v) is 7.42. The summed E-state index contributed by atoms with van der Waals surface area (Å²) in [7, 11) is 0. The molecule has 1 heterocycles. The summed E-state index contributed by atoms with van der Waals surface area (Å²) < 4.78 is 6.02. The third-order valence-corrected chi connectivity index (χ3v) is 3.28. The van der Waals surface area contributed by atoms with E-state index in [1.54, 1.807) is 0 Å². The quantitative estimate of drug-likeness (QED) is 0.566. The zero-order chi connectivity index (χ0) is 12.5. The van der Waals surface area contributed by atoms with Crippen molar-refractivity contribution in [1.29, 1.82) is 0 Å². The summed E-state index contributed by atoms with van der Waals surface area (Å²) >= 11 is 0. The molecule has 0 N–H and O–H groups in total. The van der Waals surface area contributed by atoms with Gasteiger partial charge >= 0.3 is 0 Å². The molecule has 17 heavy (non-hydrogen) atoms. The minimum absolute atomic E-state index is 1.11. The van der Waals surface area contributed by atoms with Gasteiger partial charge in [-0.25, -0.2) is 0 Å². The molecule has 1 aromatic rings. The number of hydrogen-bond acceptors (Lipinski definition) is 1. The predicted molar refractivity (Wildman–Crippen MR) is 74.5 cm³/mol. The van der Waals surface area contributed by atoms with Gasteiger partial charge in [0, 0.05) is 12.8 Å². The van der Waals surface area contributed by atoms with E-state index in [2.05, 4.69) is 26.8 Å². The lowest BCUT2D eigenvalue weighted by Gasteiger charge is -2.00. The maximum atomic E-state index is 6.02. The van der Waals surface area contributed by atoms with Crippen molar-refractivity contribution in [2.24, 2.45) is 0 Å². The maximum absolute atomic E-state index is 6.02. The lowest BCUT2D eigenvalue weighted by molar-refractivity contribution is 0.450. The van der Waals surface area contributed by atoms with Crippen LogP contribution >= 0.6 is 0 Å². The van der Waals surface area contributed by atoms with Gasteiger partial charge in [0.1, 0.15) is 11.5 Å². The second kappa shape index (κ2) is 8.38. The molecule has 0 atom stereocenters. The molecule has 0 saturated heterocycles. The van der Waals surface area contributed by atoms with Gasteiger partial charge in [0.25, 0.3) is 0 Å². The highest BCUT2D eigenvalue weighted by molar-refractivity contribution is 5.22. The monoisotopic (exact) mass is 236 g/mol. The minimum atomic E-state index is 1.11. The third kappa shape index (κ3) is 4.97. The fourth-order valence-corrected chi connectivity index (χ4v) is 2.13.